The van der Waals surface area contributed by atoms with Gasteiger partial charge in [0.05, 0.1) is 19.0 Å². The molecule has 0 unspecified atom stereocenters. The maximum Gasteiger partial charge on any atom is 0.229 e. The molecule has 5 rings (SSSR count). The number of anilines is 3. The molecule has 1 aliphatic carbocycles. The molecule has 0 saturated heterocycles. The second-order valence-corrected chi connectivity index (χ2v) is 6.73. The standard InChI is InChI=1S/C20H19N7O/c1-28-16-5-3-2-4-14(16)25-20-23-11-15-19(26-20)27(13-6-7-13)18(24-15)12-8-9-22-17(21)10-12/h2-5,8-11,13H,6-7H2,1H3,(H2,21,22)(H,23,25,26). The largest absolute Gasteiger partial charge is 0.495 e. The lowest BCUT2D eigenvalue weighted by molar-refractivity contribution is 0.417. The normalized spacial score (nSPS) is 13.6. The zero-order valence-electron chi connectivity index (χ0n) is 15.3. The van der Waals surface area contributed by atoms with E-state index in [1.54, 1.807) is 19.5 Å². The molecule has 1 fully saturated rings. The van der Waals surface area contributed by atoms with Gasteiger partial charge in [0, 0.05) is 17.8 Å². The van der Waals surface area contributed by atoms with E-state index in [1.807, 2.05) is 36.4 Å². The van der Waals surface area contributed by atoms with Crippen LogP contribution in [0.1, 0.15) is 18.9 Å². The number of nitrogens with two attached hydrogens (primary N) is 1. The molecule has 0 amide bonds. The molecular formula is C20H19N7O. The van der Waals surface area contributed by atoms with Crippen molar-refractivity contribution in [3.8, 4) is 17.1 Å². The van der Waals surface area contributed by atoms with Gasteiger partial charge in [0.1, 0.15) is 22.9 Å². The number of hydrogen-bond donors (Lipinski definition) is 2. The van der Waals surface area contributed by atoms with Crippen molar-refractivity contribution < 1.29 is 4.74 Å². The first-order valence-corrected chi connectivity index (χ1v) is 9.10. The number of methoxy groups -OCH3 is 1. The van der Waals surface area contributed by atoms with Crippen LogP contribution >= 0.6 is 0 Å². The predicted molar refractivity (Wildman–Crippen MR) is 108 cm³/mol. The van der Waals surface area contributed by atoms with E-state index < -0.39 is 0 Å². The fourth-order valence-corrected chi connectivity index (χ4v) is 3.29. The Morgan fingerprint density at radius 3 is 2.79 bits per heavy atom. The molecule has 0 aliphatic heterocycles. The SMILES string of the molecule is COc1ccccc1Nc1ncc2nc(-c3ccnc(N)c3)n(C3CC3)c2n1. The van der Waals surface area contributed by atoms with Crippen molar-refractivity contribution in [2.45, 2.75) is 18.9 Å². The lowest BCUT2D eigenvalue weighted by Crippen LogP contribution is -2.02. The number of hydrogen-bond acceptors (Lipinski definition) is 7. The Bertz CT molecular complexity index is 1170. The number of nitrogen functional groups attached to an aromatic ring is 1. The highest BCUT2D eigenvalue weighted by atomic mass is 16.5. The quantitative estimate of drug-likeness (QED) is 0.551. The Kier molecular flexibility index (Phi) is 3.82. The van der Waals surface area contributed by atoms with Gasteiger partial charge in [0.25, 0.3) is 0 Å². The maximum absolute atomic E-state index is 5.87. The zero-order valence-corrected chi connectivity index (χ0v) is 15.3. The number of nitrogens with one attached hydrogen (secondary N) is 1. The van der Waals surface area contributed by atoms with Crippen LogP contribution in [0.15, 0.2) is 48.8 Å². The van der Waals surface area contributed by atoms with Crippen LogP contribution in [-0.2, 0) is 0 Å². The topological polar surface area (TPSA) is 104 Å². The first kappa shape index (κ1) is 16.5. The molecule has 3 N–H and O–H groups in total. The summed E-state index contributed by atoms with van der Waals surface area (Å²) >= 11 is 0. The van der Waals surface area contributed by atoms with Crippen molar-refractivity contribution in [3.05, 3.63) is 48.8 Å². The minimum Gasteiger partial charge on any atom is -0.495 e. The summed E-state index contributed by atoms with van der Waals surface area (Å²) in [5.74, 6) is 2.54. The molecule has 1 aliphatic rings. The number of pyridine rings is 1. The monoisotopic (exact) mass is 373 g/mol. The summed E-state index contributed by atoms with van der Waals surface area (Å²) < 4.78 is 7.58. The Morgan fingerprint density at radius 2 is 2.00 bits per heavy atom. The van der Waals surface area contributed by atoms with Crippen molar-refractivity contribution in [1.82, 2.24) is 24.5 Å². The second kappa shape index (κ2) is 6.49. The second-order valence-electron chi connectivity index (χ2n) is 6.73. The van der Waals surface area contributed by atoms with Crippen molar-refractivity contribution in [1.29, 1.82) is 0 Å². The highest BCUT2D eigenvalue weighted by Crippen LogP contribution is 2.41. The molecule has 0 radical (unpaired) electrons. The van der Waals surface area contributed by atoms with Gasteiger partial charge in [0.15, 0.2) is 5.65 Å². The van der Waals surface area contributed by atoms with Crippen LogP contribution in [0.3, 0.4) is 0 Å². The van der Waals surface area contributed by atoms with Gasteiger partial charge in [-0.05, 0) is 37.1 Å². The number of ether oxygens (including phenoxy) is 1. The average Bonchev–Trinajstić information content (AvgIpc) is 3.48. The van der Waals surface area contributed by atoms with Crippen LogP contribution in [0.4, 0.5) is 17.5 Å². The lowest BCUT2D eigenvalue weighted by atomic mass is 10.2. The average molecular weight is 373 g/mol. The molecule has 1 aromatic carbocycles. The molecule has 3 heterocycles. The zero-order chi connectivity index (χ0) is 19.1. The summed E-state index contributed by atoms with van der Waals surface area (Å²) in [6.07, 6.45) is 5.66. The van der Waals surface area contributed by atoms with Crippen LogP contribution in [0.2, 0.25) is 0 Å². The molecule has 0 atom stereocenters. The van der Waals surface area contributed by atoms with Crippen molar-refractivity contribution >= 4 is 28.6 Å². The van der Waals surface area contributed by atoms with E-state index >= 15 is 0 Å². The van der Waals surface area contributed by atoms with E-state index in [9.17, 15) is 0 Å². The first-order valence-electron chi connectivity index (χ1n) is 9.10. The van der Waals surface area contributed by atoms with Crippen molar-refractivity contribution in [2.75, 3.05) is 18.2 Å². The van der Waals surface area contributed by atoms with E-state index in [4.69, 9.17) is 20.4 Å². The molecule has 0 bridgehead atoms. The summed E-state index contributed by atoms with van der Waals surface area (Å²) in [4.78, 5) is 18.0. The summed E-state index contributed by atoms with van der Waals surface area (Å²) in [7, 11) is 1.64. The molecular weight excluding hydrogens is 354 g/mol. The Hall–Kier alpha value is -3.68. The molecule has 140 valence electrons. The molecule has 3 aromatic heterocycles. The van der Waals surface area contributed by atoms with Gasteiger partial charge in [-0.2, -0.15) is 4.98 Å². The minimum atomic E-state index is 0.392. The van der Waals surface area contributed by atoms with E-state index in [0.717, 1.165) is 46.8 Å². The maximum atomic E-state index is 5.87. The number of nitrogens with zero attached hydrogens (tertiary/aromatic N) is 5. The minimum absolute atomic E-state index is 0.392. The van der Waals surface area contributed by atoms with Gasteiger partial charge >= 0.3 is 0 Å². The molecule has 1 saturated carbocycles. The van der Waals surface area contributed by atoms with Gasteiger partial charge in [-0.15, -0.1) is 0 Å². The van der Waals surface area contributed by atoms with Gasteiger partial charge in [-0.3, -0.25) is 0 Å². The van der Waals surface area contributed by atoms with Gasteiger partial charge < -0.3 is 20.4 Å². The summed E-state index contributed by atoms with van der Waals surface area (Å²) in [5.41, 5.74) is 9.17. The number of benzene rings is 1. The van der Waals surface area contributed by atoms with Crippen molar-refractivity contribution in [2.24, 2.45) is 0 Å². The summed E-state index contributed by atoms with van der Waals surface area (Å²) in [6, 6.07) is 11.8. The Balaban J connectivity index is 1.61. The van der Waals surface area contributed by atoms with Gasteiger partial charge in [0.2, 0.25) is 5.95 Å². The Morgan fingerprint density at radius 1 is 1.14 bits per heavy atom. The number of rotatable bonds is 5. The fraction of sp³-hybridized carbons (Fsp3) is 0.200. The highest BCUT2D eigenvalue weighted by Gasteiger charge is 2.30. The molecule has 4 aromatic rings. The third-order valence-electron chi connectivity index (χ3n) is 4.74. The molecule has 8 heteroatoms. The van der Waals surface area contributed by atoms with Crippen molar-refractivity contribution in [3.63, 3.8) is 0 Å². The van der Waals surface area contributed by atoms with Crippen LogP contribution in [-0.4, -0.2) is 31.6 Å². The number of fused-ring (bicyclic) bond motifs is 1. The molecule has 0 spiro atoms. The van der Waals surface area contributed by atoms with Crippen LogP contribution in [0.5, 0.6) is 5.75 Å². The fourth-order valence-electron chi connectivity index (χ4n) is 3.29. The van der Waals surface area contributed by atoms with Gasteiger partial charge in [-0.25, -0.2) is 15.0 Å². The van der Waals surface area contributed by atoms with E-state index in [1.165, 1.54) is 0 Å². The van der Waals surface area contributed by atoms with Crippen LogP contribution < -0.4 is 15.8 Å². The van der Waals surface area contributed by atoms with Crippen LogP contribution in [0.25, 0.3) is 22.6 Å². The third-order valence-corrected chi connectivity index (χ3v) is 4.74. The van der Waals surface area contributed by atoms with E-state index in [2.05, 4.69) is 19.9 Å². The Labute approximate surface area is 161 Å². The summed E-state index contributed by atoms with van der Waals surface area (Å²) in [6.45, 7) is 0. The highest BCUT2D eigenvalue weighted by molar-refractivity contribution is 5.79. The predicted octanol–water partition coefficient (Wildman–Crippen LogP) is 3.56. The number of imidazole rings is 1. The van der Waals surface area contributed by atoms with E-state index in [0.29, 0.717) is 17.8 Å². The lowest BCUT2D eigenvalue weighted by Gasteiger charge is -2.10. The number of para-hydroxylation sites is 2. The van der Waals surface area contributed by atoms with Crippen LogP contribution in [0, 0.1) is 0 Å². The molecule has 28 heavy (non-hydrogen) atoms. The van der Waals surface area contributed by atoms with E-state index in [-0.39, 0.29) is 0 Å². The molecule has 8 nitrogen and oxygen atoms in total. The van der Waals surface area contributed by atoms with Gasteiger partial charge in [-0.1, -0.05) is 12.1 Å². The third kappa shape index (κ3) is 2.88. The number of aromatic nitrogens is 5. The summed E-state index contributed by atoms with van der Waals surface area (Å²) in [5, 5.41) is 3.24. The first-order chi connectivity index (χ1) is 13.7. The smallest absolute Gasteiger partial charge is 0.229 e.